The van der Waals surface area contributed by atoms with Crippen molar-refractivity contribution in [2.24, 2.45) is 0 Å². The minimum atomic E-state index is -4.89. The number of hydrogen-bond donors (Lipinski definition) is 0. The van der Waals surface area contributed by atoms with Gasteiger partial charge in [0.25, 0.3) is 0 Å². The normalized spacial score (nSPS) is 25.1. The first-order chi connectivity index (χ1) is 16.6. The summed E-state index contributed by atoms with van der Waals surface area (Å²) in [5.41, 5.74) is 2.39. The number of hydrogen-bond acceptors (Lipinski definition) is 12. The molecule has 1 saturated heterocycles. The zero-order valence-corrected chi connectivity index (χ0v) is 23.5. The zero-order valence-electron chi connectivity index (χ0n) is 20.8. The van der Waals surface area contributed by atoms with Crippen molar-refractivity contribution in [2.75, 3.05) is 48.3 Å². The number of allylic oxidation sites excluding steroid dienone is 1. The average Bonchev–Trinajstić information content (AvgIpc) is 3.48. The van der Waals surface area contributed by atoms with Crippen LogP contribution in [0.1, 0.15) is 26.5 Å². The summed E-state index contributed by atoms with van der Waals surface area (Å²) in [6, 6.07) is 3.09. The Labute approximate surface area is 205 Å². The van der Waals surface area contributed by atoms with Gasteiger partial charge in [-0.1, -0.05) is 0 Å². The van der Waals surface area contributed by atoms with E-state index in [-0.39, 0.29) is 25.6 Å². The van der Waals surface area contributed by atoms with Crippen molar-refractivity contribution in [1.82, 2.24) is 0 Å². The summed E-state index contributed by atoms with van der Waals surface area (Å²) in [5, 5.41) is -2.07. The first-order valence-electron chi connectivity index (χ1n) is 10.7. The van der Waals surface area contributed by atoms with Crippen LogP contribution >= 0.6 is 22.9 Å². The molecule has 0 amide bonds. The molecular weight excluding hydrogens is 525 g/mol. The summed E-state index contributed by atoms with van der Waals surface area (Å²) in [5.74, 6) is 2.61. The van der Waals surface area contributed by atoms with Gasteiger partial charge in [0.15, 0.2) is 0 Å². The van der Waals surface area contributed by atoms with E-state index in [1.807, 2.05) is 0 Å². The van der Waals surface area contributed by atoms with Gasteiger partial charge in [-0.15, -0.1) is 0 Å². The van der Waals surface area contributed by atoms with Gasteiger partial charge in [0, 0.05) is 0 Å². The summed E-state index contributed by atoms with van der Waals surface area (Å²) >= 11 is 0. The Kier molecular flexibility index (Phi) is 10.5. The molecule has 0 spiro atoms. The van der Waals surface area contributed by atoms with Gasteiger partial charge in [0.1, 0.15) is 0 Å². The SMILES string of the molecule is CCOP1(OCC)(OCC)OC(/C=C\C#CP(=O)(OC)OC)C(c2ccco2)(P(=O)(OC)OC)O1. The van der Waals surface area contributed by atoms with Gasteiger partial charge in [-0.3, -0.25) is 0 Å². The second-order valence-electron chi connectivity index (χ2n) is 6.63. The molecule has 0 saturated carbocycles. The predicted octanol–water partition coefficient (Wildman–Crippen LogP) is 5.57. The molecule has 1 aromatic rings. The monoisotopic (exact) mass is 558 g/mol. The molecule has 2 rings (SSSR count). The fourth-order valence-corrected chi connectivity index (χ4v) is 9.51. The molecule has 35 heavy (non-hydrogen) atoms. The summed E-state index contributed by atoms with van der Waals surface area (Å²) in [6.07, 6.45) is 2.76. The van der Waals surface area contributed by atoms with Crippen LogP contribution in [-0.2, 0) is 55.2 Å². The van der Waals surface area contributed by atoms with E-state index in [4.69, 9.17) is 45.1 Å². The maximum atomic E-state index is 14.1. The summed E-state index contributed by atoms with van der Waals surface area (Å²) in [7, 11) is -7.93. The van der Waals surface area contributed by atoms with E-state index < -0.39 is 34.4 Å². The van der Waals surface area contributed by atoms with Crippen molar-refractivity contribution in [2.45, 2.75) is 32.2 Å². The second kappa shape index (κ2) is 12.1. The van der Waals surface area contributed by atoms with Crippen molar-refractivity contribution in [3.05, 3.63) is 36.3 Å². The van der Waals surface area contributed by atoms with Crippen molar-refractivity contribution >= 4 is 22.9 Å². The third kappa shape index (κ3) is 5.68. The van der Waals surface area contributed by atoms with E-state index in [1.165, 1.54) is 52.9 Å². The molecule has 0 aromatic carbocycles. The topological polar surface area (TPSA) is 130 Å². The van der Waals surface area contributed by atoms with Crippen LogP contribution in [0.2, 0.25) is 0 Å². The van der Waals surface area contributed by atoms with E-state index in [1.54, 1.807) is 26.8 Å². The fourth-order valence-electron chi connectivity index (χ4n) is 3.41. The van der Waals surface area contributed by atoms with E-state index in [0.29, 0.717) is 0 Å². The van der Waals surface area contributed by atoms with Crippen LogP contribution < -0.4 is 0 Å². The van der Waals surface area contributed by atoms with Gasteiger partial charge in [0.05, 0.1) is 0 Å². The Bertz CT molecular complexity index is 979. The van der Waals surface area contributed by atoms with Gasteiger partial charge >= 0.3 is 206 Å². The van der Waals surface area contributed by atoms with Crippen molar-refractivity contribution in [3.8, 4) is 11.6 Å². The number of furan rings is 1. The van der Waals surface area contributed by atoms with Crippen LogP contribution in [0, 0.1) is 11.6 Å². The van der Waals surface area contributed by atoms with Crippen molar-refractivity contribution in [1.29, 1.82) is 0 Å². The third-order valence-corrected chi connectivity index (χ3v) is 11.8. The fraction of sp³-hybridized carbons (Fsp3) is 0.600. The molecule has 1 fully saturated rings. The minimum absolute atomic E-state index is 0.0391. The molecule has 0 radical (unpaired) electrons. The Hall–Kier alpha value is -0.890. The third-order valence-electron chi connectivity index (χ3n) is 4.78. The summed E-state index contributed by atoms with van der Waals surface area (Å²) in [4.78, 5) is 0. The van der Waals surface area contributed by atoms with E-state index >= 15 is 0 Å². The van der Waals surface area contributed by atoms with Gasteiger partial charge < -0.3 is 0 Å². The Morgan fingerprint density at radius 2 is 1.57 bits per heavy atom. The van der Waals surface area contributed by atoms with E-state index in [2.05, 4.69) is 11.6 Å². The van der Waals surface area contributed by atoms with Crippen LogP contribution in [0.3, 0.4) is 0 Å². The molecule has 200 valence electrons. The van der Waals surface area contributed by atoms with Crippen LogP contribution in [0.4, 0.5) is 0 Å². The first-order valence-corrected chi connectivity index (χ1v) is 15.6. The molecule has 1 aliphatic heterocycles. The van der Waals surface area contributed by atoms with Crippen molar-refractivity contribution < 1.29 is 54.3 Å². The van der Waals surface area contributed by atoms with Gasteiger partial charge in [-0.2, -0.15) is 0 Å². The first kappa shape index (κ1) is 30.3. The van der Waals surface area contributed by atoms with Crippen LogP contribution in [0.15, 0.2) is 35.0 Å². The molecule has 1 aliphatic rings. The van der Waals surface area contributed by atoms with Crippen molar-refractivity contribution in [3.63, 3.8) is 0 Å². The predicted molar refractivity (Wildman–Crippen MR) is 128 cm³/mol. The zero-order chi connectivity index (χ0) is 26.2. The molecule has 0 N–H and O–H groups in total. The molecule has 12 nitrogen and oxygen atoms in total. The van der Waals surface area contributed by atoms with E-state index in [0.717, 1.165) is 0 Å². The average molecular weight is 558 g/mol. The molecule has 2 unspecified atom stereocenters. The van der Waals surface area contributed by atoms with Gasteiger partial charge in [0.2, 0.25) is 0 Å². The molecule has 0 bridgehead atoms. The van der Waals surface area contributed by atoms with Crippen LogP contribution in [0.25, 0.3) is 0 Å². The van der Waals surface area contributed by atoms with Gasteiger partial charge in [-0.05, 0) is 0 Å². The Balaban J connectivity index is 2.82. The molecule has 15 heteroatoms. The molecule has 2 atom stereocenters. The standard InChI is InChI=1S/C20H33O12P3/c1-8-28-35(29-9-2,30-10-3)31-19(14-11-12-17-33(21,23-4)24-5)20(32-35,18-15-13-16-27-18)34(22,25-6)26-7/h11,13-16,19H,8-10H2,1-7H3/b14-11-. The van der Waals surface area contributed by atoms with Gasteiger partial charge in [-0.25, -0.2) is 0 Å². The van der Waals surface area contributed by atoms with E-state index in [9.17, 15) is 9.13 Å². The second-order valence-corrected chi connectivity index (χ2v) is 13.6. The molecule has 0 aliphatic carbocycles. The molecular formula is C20H33O12P3. The maximum absolute atomic E-state index is 14.1. The molecule has 1 aromatic heterocycles. The Morgan fingerprint density at radius 3 is 2.00 bits per heavy atom. The quantitative estimate of drug-likeness (QED) is 0.221. The number of rotatable bonds is 13. The summed E-state index contributed by atoms with van der Waals surface area (Å²) < 4.78 is 82.9. The Morgan fingerprint density at radius 1 is 1.00 bits per heavy atom. The van der Waals surface area contributed by atoms with Crippen LogP contribution in [0.5, 0.6) is 0 Å². The van der Waals surface area contributed by atoms with Crippen LogP contribution in [-0.4, -0.2) is 54.4 Å². The molecule has 2 heterocycles. The summed E-state index contributed by atoms with van der Waals surface area (Å²) in [6.45, 7) is 5.29.